The molecule has 18 heavy (non-hydrogen) atoms. The average molecular weight is 330 g/mol. The first-order valence-electron chi connectivity index (χ1n) is 6.92. The quantitative estimate of drug-likeness (QED) is 0.887. The number of aliphatic hydroxyl groups excluding tert-OH is 1. The summed E-state index contributed by atoms with van der Waals surface area (Å²) in [7, 11) is 0. The molecule has 0 bridgehead atoms. The van der Waals surface area contributed by atoms with E-state index in [1.54, 1.807) is 4.88 Å². The number of hydrogen-bond acceptors (Lipinski definition) is 3. The molecule has 4 heteroatoms. The maximum absolute atomic E-state index is 9.57. The number of aryl methyl sites for hydroxylation is 1. The van der Waals surface area contributed by atoms with Crippen molar-refractivity contribution in [1.82, 2.24) is 5.32 Å². The van der Waals surface area contributed by atoms with Crippen molar-refractivity contribution in [3.63, 3.8) is 0 Å². The molecule has 1 aromatic heterocycles. The maximum atomic E-state index is 9.57. The second-order valence-electron chi connectivity index (χ2n) is 5.61. The molecule has 1 fully saturated rings. The van der Waals surface area contributed by atoms with E-state index in [2.05, 4.69) is 27.3 Å². The molecule has 2 aliphatic carbocycles. The van der Waals surface area contributed by atoms with Crippen LogP contribution in [0.3, 0.4) is 0 Å². The highest BCUT2D eigenvalue weighted by Gasteiger charge is 2.26. The average Bonchev–Trinajstić information content (AvgIpc) is 2.91. The molecule has 0 amide bonds. The van der Waals surface area contributed by atoms with E-state index in [1.807, 2.05) is 11.3 Å². The Morgan fingerprint density at radius 1 is 1.39 bits per heavy atom. The topological polar surface area (TPSA) is 32.3 Å². The van der Waals surface area contributed by atoms with Crippen molar-refractivity contribution < 1.29 is 5.11 Å². The molecule has 2 N–H and O–H groups in total. The van der Waals surface area contributed by atoms with Crippen LogP contribution in [0.1, 0.15) is 48.6 Å². The molecule has 3 unspecified atom stereocenters. The second-order valence-corrected chi connectivity index (χ2v) is 8.13. The van der Waals surface area contributed by atoms with Gasteiger partial charge in [-0.15, -0.1) is 11.3 Å². The van der Waals surface area contributed by atoms with Crippen LogP contribution < -0.4 is 5.32 Å². The van der Waals surface area contributed by atoms with E-state index in [-0.39, 0.29) is 6.10 Å². The number of nitrogens with one attached hydrogen (secondary N) is 1. The van der Waals surface area contributed by atoms with Crippen LogP contribution in [-0.4, -0.2) is 17.8 Å². The van der Waals surface area contributed by atoms with Gasteiger partial charge in [-0.25, -0.2) is 0 Å². The standard InChI is InChI=1S/C14H20BrNOS/c15-14-7-11-12(2-1-3-13(11)18-14)16-8-9-4-5-10(17)6-9/h7,9-10,12,16-17H,1-6,8H2. The summed E-state index contributed by atoms with van der Waals surface area (Å²) in [6, 6.07) is 2.83. The van der Waals surface area contributed by atoms with Gasteiger partial charge in [-0.1, -0.05) is 0 Å². The van der Waals surface area contributed by atoms with Crippen molar-refractivity contribution in [2.75, 3.05) is 6.54 Å². The fourth-order valence-corrected chi connectivity index (χ4v) is 5.10. The highest BCUT2D eigenvalue weighted by molar-refractivity contribution is 9.11. The summed E-state index contributed by atoms with van der Waals surface area (Å²) in [4.78, 5) is 1.55. The molecule has 3 rings (SSSR count). The van der Waals surface area contributed by atoms with E-state index in [1.165, 1.54) is 35.0 Å². The molecule has 1 saturated carbocycles. The third-order valence-corrected chi connectivity index (χ3v) is 5.96. The van der Waals surface area contributed by atoms with Crippen LogP contribution in [0.4, 0.5) is 0 Å². The van der Waals surface area contributed by atoms with Crippen LogP contribution in [0.5, 0.6) is 0 Å². The Morgan fingerprint density at radius 2 is 2.28 bits per heavy atom. The van der Waals surface area contributed by atoms with Crippen molar-refractivity contribution in [2.45, 2.75) is 50.7 Å². The number of thiophene rings is 1. The van der Waals surface area contributed by atoms with E-state index < -0.39 is 0 Å². The highest BCUT2D eigenvalue weighted by atomic mass is 79.9. The molecule has 100 valence electrons. The zero-order valence-electron chi connectivity index (χ0n) is 10.5. The number of hydrogen-bond donors (Lipinski definition) is 2. The van der Waals surface area contributed by atoms with Gasteiger partial charge in [0.05, 0.1) is 9.89 Å². The van der Waals surface area contributed by atoms with Crippen molar-refractivity contribution in [1.29, 1.82) is 0 Å². The Labute approximate surface area is 121 Å². The molecule has 3 atom stereocenters. The van der Waals surface area contributed by atoms with Crippen LogP contribution >= 0.6 is 27.3 Å². The Kier molecular flexibility index (Phi) is 4.09. The molecular formula is C14H20BrNOS. The molecule has 1 heterocycles. The summed E-state index contributed by atoms with van der Waals surface area (Å²) < 4.78 is 1.26. The summed E-state index contributed by atoms with van der Waals surface area (Å²) in [6.07, 6.45) is 6.91. The number of fused-ring (bicyclic) bond motifs is 1. The molecule has 0 aromatic carbocycles. The number of halogens is 1. The minimum atomic E-state index is -0.0472. The highest BCUT2D eigenvalue weighted by Crippen LogP contribution is 2.38. The molecule has 0 saturated heterocycles. The van der Waals surface area contributed by atoms with Gasteiger partial charge in [0.1, 0.15) is 0 Å². The first-order valence-corrected chi connectivity index (χ1v) is 8.53. The van der Waals surface area contributed by atoms with Gasteiger partial charge in [0.25, 0.3) is 0 Å². The van der Waals surface area contributed by atoms with Crippen LogP contribution in [0, 0.1) is 5.92 Å². The Bertz CT molecular complexity index is 420. The molecule has 1 aromatic rings. The normalized spacial score (nSPS) is 31.6. The fourth-order valence-electron chi connectivity index (χ4n) is 3.28. The monoisotopic (exact) mass is 329 g/mol. The van der Waals surface area contributed by atoms with Crippen LogP contribution in [0.15, 0.2) is 9.85 Å². The lowest BCUT2D eigenvalue weighted by Gasteiger charge is -2.25. The van der Waals surface area contributed by atoms with Gasteiger partial charge in [-0.3, -0.25) is 0 Å². The maximum Gasteiger partial charge on any atom is 0.0704 e. The first-order chi connectivity index (χ1) is 8.72. The van der Waals surface area contributed by atoms with E-state index in [4.69, 9.17) is 0 Å². The molecule has 0 spiro atoms. The van der Waals surface area contributed by atoms with Gasteiger partial charge in [-0.05, 0) is 78.5 Å². The Balaban J connectivity index is 1.60. The summed E-state index contributed by atoms with van der Waals surface area (Å²) in [6.45, 7) is 1.06. The number of rotatable bonds is 3. The number of aliphatic hydroxyl groups is 1. The SMILES string of the molecule is OC1CCC(CNC2CCCc3sc(Br)cc32)C1. The molecular weight excluding hydrogens is 310 g/mol. The predicted octanol–water partition coefficient (Wildman–Crippen LogP) is 3.64. The third kappa shape index (κ3) is 2.82. The first kappa shape index (κ1) is 13.1. The van der Waals surface area contributed by atoms with Gasteiger partial charge in [0, 0.05) is 10.9 Å². The van der Waals surface area contributed by atoms with E-state index in [0.29, 0.717) is 12.0 Å². The van der Waals surface area contributed by atoms with Gasteiger partial charge in [0.15, 0.2) is 0 Å². The van der Waals surface area contributed by atoms with E-state index >= 15 is 0 Å². The zero-order chi connectivity index (χ0) is 12.5. The predicted molar refractivity (Wildman–Crippen MR) is 79.0 cm³/mol. The molecule has 0 aliphatic heterocycles. The minimum absolute atomic E-state index is 0.0472. The largest absolute Gasteiger partial charge is 0.393 e. The summed E-state index contributed by atoms with van der Waals surface area (Å²) in [5.74, 6) is 0.674. The van der Waals surface area contributed by atoms with Gasteiger partial charge in [0.2, 0.25) is 0 Å². The lowest BCUT2D eigenvalue weighted by Crippen LogP contribution is -2.28. The third-order valence-electron chi connectivity index (χ3n) is 4.25. The van der Waals surface area contributed by atoms with Crippen molar-refractivity contribution in [3.05, 3.63) is 20.3 Å². The van der Waals surface area contributed by atoms with Crippen LogP contribution in [-0.2, 0) is 6.42 Å². The molecule has 0 radical (unpaired) electrons. The fraction of sp³-hybridized carbons (Fsp3) is 0.714. The van der Waals surface area contributed by atoms with Crippen LogP contribution in [0.25, 0.3) is 0 Å². The smallest absolute Gasteiger partial charge is 0.0704 e. The van der Waals surface area contributed by atoms with E-state index in [0.717, 1.165) is 19.4 Å². The van der Waals surface area contributed by atoms with Gasteiger partial charge >= 0.3 is 0 Å². The Morgan fingerprint density at radius 3 is 3.06 bits per heavy atom. The lowest BCUT2D eigenvalue weighted by molar-refractivity contribution is 0.177. The van der Waals surface area contributed by atoms with Crippen molar-refractivity contribution >= 4 is 27.3 Å². The zero-order valence-corrected chi connectivity index (χ0v) is 12.9. The second kappa shape index (κ2) is 5.61. The summed E-state index contributed by atoms with van der Waals surface area (Å²) in [5.41, 5.74) is 1.51. The van der Waals surface area contributed by atoms with Gasteiger partial charge < -0.3 is 10.4 Å². The minimum Gasteiger partial charge on any atom is -0.393 e. The van der Waals surface area contributed by atoms with Crippen LogP contribution in [0.2, 0.25) is 0 Å². The Hall–Kier alpha value is 0.100. The summed E-state index contributed by atoms with van der Waals surface area (Å²) in [5, 5.41) is 13.3. The van der Waals surface area contributed by atoms with Crippen molar-refractivity contribution in [2.24, 2.45) is 5.92 Å². The molecule has 2 aliphatic rings. The van der Waals surface area contributed by atoms with Gasteiger partial charge in [-0.2, -0.15) is 0 Å². The van der Waals surface area contributed by atoms with Crippen molar-refractivity contribution in [3.8, 4) is 0 Å². The lowest BCUT2D eigenvalue weighted by atomic mass is 9.93. The summed E-state index contributed by atoms with van der Waals surface area (Å²) >= 11 is 5.49. The molecule has 2 nitrogen and oxygen atoms in total. The van der Waals surface area contributed by atoms with E-state index in [9.17, 15) is 5.11 Å².